The van der Waals surface area contributed by atoms with Gasteiger partial charge in [0.2, 0.25) is 0 Å². The minimum atomic E-state index is -0.0115. The van der Waals surface area contributed by atoms with Crippen molar-refractivity contribution in [2.45, 2.75) is 19.8 Å². The van der Waals surface area contributed by atoms with E-state index in [0.29, 0.717) is 18.8 Å². The molecule has 1 aromatic rings. The Balaban J connectivity index is 0.00000225. The Kier molecular flexibility index (Phi) is 6.85. The van der Waals surface area contributed by atoms with Gasteiger partial charge in [0, 0.05) is 19.3 Å². The van der Waals surface area contributed by atoms with Crippen LogP contribution in [0.4, 0.5) is 0 Å². The van der Waals surface area contributed by atoms with Gasteiger partial charge in [-0.05, 0) is 38.4 Å². The molecule has 1 aromatic heterocycles. The summed E-state index contributed by atoms with van der Waals surface area (Å²) < 4.78 is 1.89. The molecule has 0 aliphatic rings. The summed E-state index contributed by atoms with van der Waals surface area (Å²) in [7, 11) is 1.89. The molecule has 0 saturated heterocycles. The fourth-order valence-electron chi connectivity index (χ4n) is 1.40. The lowest BCUT2D eigenvalue weighted by Gasteiger charge is -2.06. The lowest BCUT2D eigenvalue weighted by atomic mass is 10.3. The van der Waals surface area contributed by atoms with Gasteiger partial charge in [0.15, 0.2) is 0 Å². The fraction of sp³-hybridized carbons (Fsp3) is 0.545. The molecule has 0 aliphatic heterocycles. The second-order valence-corrected chi connectivity index (χ2v) is 3.67. The van der Waals surface area contributed by atoms with Crippen molar-refractivity contribution >= 4 is 18.3 Å². The predicted octanol–water partition coefficient (Wildman–Crippen LogP) is 1.22. The number of nitrogens with zero attached hydrogens (tertiary/aromatic N) is 1. The van der Waals surface area contributed by atoms with E-state index < -0.39 is 0 Å². The van der Waals surface area contributed by atoms with E-state index in [1.54, 1.807) is 0 Å². The molecule has 1 rings (SSSR count). The van der Waals surface area contributed by atoms with Gasteiger partial charge < -0.3 is 15.6 Å². The SMILES string of the molecule is Cc1ccc(C(=O)NCCCCN)n1C.Cl. The number of carbonyl (C=O) groups is 1. The summed E-state index contributed by atoms with van der Waals surface area (Å²) in [5.41, 5.74) is 7.16. The van der Waals surface area contributed by atoms with Crippen molar-refractivity contribution in [3.63, 3.8) is 0 Å². The van der Waals surface area contributed by atoms with E-state index in [1.807, 2.05) is 30.7 Å². The molecule has 4 nitrogen and oxygen atoms in total. The third-order valence-corrected chi connectivity index (χ3v) is 2.52. The number of unbranched alkanes of at least 4 members (excludes halogenated alkanes) is 1. The van der Waals surface area contributed by atoms with E-state index in [9.17, 15) is 4.79 Å². The van der Waals surface area contributed by atoms with Crippen LogP contribution in [0.5, 0.6) is 0 Å². The van der Waals surface area contributed by atoms with Gasteiger partial charge in [-0.25, -0.2) is 0 Å². The summed E-state index contributed by atoms with van der Waals surface area (Å²) in [6.07, 6.45) is 1.89. The van der Waals surface area contributed by atoms with E-state index in [2.05, 4.69) is 5.32 Å². The third kappa shape index (κ3) is 3.87. The molecular formula is C11H20ClN3O. The van der Waals surface area contributed by atoms with Crippen LogP contribution in [0.1, 0.15) is 29.0 Å². The molecule has 0 atom stereocenters. The van der Waals surface area contributed by atoms with Gasteiger partial charge in [0.05, 0.1) is 0 Å². The molecule has 0 radical (unpaired) electrons. The maximum absolute atomic E-state index is 11.7. The van der Waals surface area contributed by atoms with Crippen LogP contribution in [-0.2, 0) is 7.05 Å². The first-order valence-electron chi connectivity index (χ1n) is 5.27. The number of nitrogens with one attached hydrogen (secondary N) is 1. The van der Waals surface area contributed by atoms with Crippen molar-refractivity contribution < 1.29 is 4.79 Å². The number of rotatable bonds is 5. The van der Waals surface area contributed by atoms with Gasteiger partial charge in [0.1, 0.15) is 5.69 Å². The molecule has 0 bridgehead atoms. The highest BCUT2D eigenvalue weighted by Crippen LogP contribution is 2.05. The van der Waals surface area contributed by atoms with Crippen LogP contribution in [0, 0.1) is 6.92 Å². The number of aromatic nitrogens is 1. The van der Waals surface area contributed by atoms with Gasteiger partial charge in [-0.15, -0.1) is 12.4 Å². The van der Waals surface area contributed by atoms with Crippen molar-refractivity contribution in [1.82, 2.24) is 9.88 Å². The third-order valence-electron chi connectivity index (χ3n) is 2.52. The molecule has 16 heavy (non-hydrogen) atoms. The molecule has 0 unspecified atom stereocenters. The van der Waals surface area contributed by atoms with Crippen molar-refractivity contribution in [3.05, 3.63) is 23.5 Å². The van der Waals surface area contributed by atoms with Gasteiger partial charge in [-0.3, -0.25) is 4.79 Å². The number of halogens is 1. The predicted molar refractivity (Wildman–Crippen MR) is 68.0 cm³/mol. The van der Waals surface area contributed by atoms with Crippen LogP contribution in [0.15, 0.2) is 12.1 Å². The summed E-state index contributed by atoms with van der Waals surface area (Å²) >= 11 is 0. The first-order chi connectivity index (χ1) is 7.16. The molecule has 92 valence electrons. The lowest BCUT2D eigenvalue weighted by molar-refractivity contribution is 0.0944. The molecule has 5 heteroatoms. The maximum atomic E-state index is 11.7. The first kappa shape index (κ1) is 15.0. The Morgan fingerprint density at radius 3 is 2.62 bits per heavy atom. The van der Waals surface area contributed by atoms with Crippen LogP contribution in [0.2, 0.25) is 0 Å². The fourth-order valence-corrected chi connectivity index (χ4v) is 1.40. The van der Waals surface area contributed by atoms with E-state index in [4.69, 9.17) is 5.73 Å². The largest absolute Gasteiger partial charge is 0.351 e. The van der Waals surface area contributed by atoms with Crippen molar-refractivity contribution in [2.24, 2.45) is 12.8 Å². The van der Waals surface area contributed by atoms with E-state index >= 15 is 0 Å². The van der Waals surface area contributed by atoms with Crippen LogP contribution in [0.3, 0.4) is 0 Å². The number of carbonyl (C=O) groups excluding carboxylic acids is 1. The lowest BCUT2D eigenvalue weighted by Crippen LogP contribution is -2.26. The highest BCUT2D eigenvalue weighted by Gasteiger charge is 2.09. The van der Waals surface area contributed by atoms with Gasteiger partial charge in [0.25, 0.3) is 5.91 Å². The second kappa shape index (κ2) is 7.30. The molecule has 3 N–H and O–H groups in total. The highest BCUT2D eigenvalue weighted by atomic mass is 35.5. The average Bonchev–Trinajstić information content (AvgIpc) is 2.55. The minimum Gasteiger partial charge on any atom is -0.351 e. The number of hydrogen-bond acceptors (Lipinski definition) is 2. The van der Waals surface area contributed by atoms with Crippen LogP contribution in [0.25, 0.3) is 0 Å². The van der Waals surface area contributed by atoms with Crippen molar-refractivity contribution in [1.29, 1.82) is 0 Å². The number of aryl methyl sites for hydroxylation is 1. The van der Waals surface area contributed by atoms with Crippen LogP contribution >= 0.6 is 12.4 Å². The molecular weight excluding hydrogens is 226 g/mol. The van der Waals surface area contributed by atoms with E-state index in [-0.39, 0.29) is 18.3 Å². The van der Waals surface area contributed by atoms with Crippen LogP contribution in [-0.4, -0.2) is 23.6 Å². The summed E-state index contributed by atoms with van der Waals surface area (Å²) in [5, 5.41) is 2.87. The molecule has 0 aliphatic carbocycles. The number of nitrogens with two attached hydrogens (primary N) is 1. The maximum Gasteiger partial charge on any atom is 0.267 e. The smallest absolute Gasteiger partial charge is 0.267 e. The zero-order valence-corrected chi connectivity index (χ0v) is 10.6. The summed E-state index contributed by atoms with van der Waals surface area (Å²) in [6.45, 7) is 3.35. The molecule has 1 amide bonds. The van der Waals surface area contributed by atoms with Gasteiger partial charge in [-0.2, -0.15) is 0 Å². The molecule has 0 fully saturated rings. The minimum absolute atomic E-state index is 0. The Bertz CT molecular complexity index is 336. The molecule has 0 saturated carbocycles. The standard InChI is InChI=1S/C11H19N3O.ClH/c1-9-5-6-10(14(9)2)11(15)13-8-4-3-7-12;/h5-6H,3-4,7-8,12H2,1-2H3,(H,13,15);1H. The average molecular weight is 246 g/mol. The molecule has 1 heterocycles. The van der Waals surface area contributed by atoms with E-state index in [0.717, 1.165) is 18.5 Å². The Morgan fingerprint density at radius 2 is 2.12 bits per heavy atom. The number of amides is 1. The summed E-state index contributed by atoms with van der Waals surface area (Å²) in [6, 6.07) is 3.78. The molecule has 0 aromatic carbocycles. The topological polar surface area (TPSA) is 60.1 Å². The zero-order valence-electron chi connectivity index (χ0n) is 9.82. The Morgan fingerprint density at radius 1 is 1.44 bits per heavy atom. The van der Waals surface area contributed by atoms with Crippen LogP contribution < -0.4 is 11.1 Å². The number of hydrogen-bond donors (Lipinski definition) is 2. The Labute approximate surface area is 103 Å². The quantitative estimate of drug-likeness (QED) is 0.767. The summed E-state index contributed by atoms with van der Waals surface area (Å²) in [4.78, 5) is 11.7. The second-order valence-electron chi connectivity index (χ2n) is 3.67. The van der Waals surface area contributed by atoms with Gasteiger partial charge in [-0.1, -0.05) is 0 Å². The normalized spacial score (nSPS) is 9.69. The first-order valence-corrected chi connectivity index (χ1v) is 5.27. The van der Waals surface area contributed by atoms with Crippen molar-refractivity contribution in [2.75, 3.05) is 13.1 Å². The monoisotopic (exact) mass is 245 g/mol. The summed E-state index contributed by atoms with van der Waals surface area (Å²) in [5.74, 6) is -0.0115. The van der Waals surface area contributed by atoms with Crippen molar-refractivity contribution in [3.8, 4) is 0 Å². The van der Waals surface area contributed by atoms with Gasteiger partial charge >= 0.3 is 0 Å². The highest BCUT2D eigenvalue weighted by molar-refractivity contribution is 5.92. The molecule has 0 spiro atoms. The Hall–Kier alpha value is -1.00. The zero-order chi connectivity index (χ0) is 11.3. The van der Waals surface area contributed by atoms with E-state index in [1.165, 1.54) is 0 Å².